The Morgan fingerprint density at radius 3 is 2.40 bits per heavy atom. The maximum absolute atomic E-state index is 5.89. The van der Waals surface area contributed by atoms with Crippen LogP contribution in [0.25, 0.3) is 0 Å². The largest absolute Gasteiger partial charge is 0.328 e. The van der Waals surface area contributed by atoms with Crippen LogP contribution >= 0.6 is 11.8 Å². The van der Waals surface area contributed by atoms with Gasteiger partial charge in [0.25, 0.3) is 0 Å². The van der Waals surface area contributed by atoms with Crippen LogP contribution in [0.4, 0.5) is 0 Å². The zero-order valence-electron chi connectivity index (χ0n) is 9.06. The Morgan fingerprint density at radius 2 is 1.73 bits per heavy atom. The summed E-state index contributed by atoms with van der Waals surface area (Å²) >= 11 is 2.10. The summed E-state index contributed by atoms with van der Waals surface area (Å²) in [5, 5.41) is 0.838. The highest BCUT2D eigenvalue weighted by molar-refractivity contribution is 7.99. The summed E-state index contributed by atoms with van der Waals surface area (Å²) in [6.07, 6.45) is 5.04. The molecule has 2 heteroatoms. The van der Waals surface area contributed by atoms with Gasteiger partial charge in [0, 0.05) is 17.0 Å². The van der Waals surface area contributed by atoms with Crippen LogP contribution in [-0.2, 0) is 5.75 Å². The molecular weight excluding hydrogens is 202 g/mol. The molecule has 1 fully saturated rings. The van der Waals surface area contributed by atoms with Crippen LogP contribution in [-0.4, -0.2) is 11.3 Å². The molecule has 0 amide bonds. The van der Waals surface area contributed by atoms with Crippen molar-refractivity contribution in [1.29, 1.82) is 0 Å². The number of nitrogens with two attached hydrogens (primary N) is 1. The summed E-state index contributed by atoms with van der Waals surface area (Å²) in [6, 6.07) is 11.2. The lowest BCUT2D eigenvalue weighted by atomic mass is 9.96. The predicted octanol–water partition coefficient (Wildman–Crippen LogP) is 3.19. The summed E-state index contributed by atoms with van der Waals surface area (Å²) in [7, 11) is 0. The van der Waals surface area contributed by atoms with Crippen molar-refractivity contribution >= 4 is 11.8 Å². The number of benzene rings is 1. The van der Waals surface area contributed by atoms with Gasteiger partial charge in [-0.1, -0.05) is 30.3 Å². The fourth-order valence-electron chi connectivity index (χ4n) is 2.04. The summed E-state index contributed by atoms with van der Waals surface area (Å²) in [6.45, 7) is 0. The van der Waals surface area contributed by atoms with Crippen LogP contribution < -0.4 is 5.73 Å². The molecule has 1 aromatic carbocycles. The first-order chi connectivity index (χ1) is 7.34. The van der Waals surface area contributed by atoms with Crippen molar-refractivity contribution in [3.05, 3.63) is 35.9 Å². The van der Waals surface area contributed by atoms with Crippen molar-refractivity contribution in [3.8, 4) is 0 Å². The molecule has 2 rings (SSSR count). The lowest BCUT2D eigenvalue weighted by Gasteiger charge is -2.25. The van der Waals surface area contributed by atoms with Crippen molar-refractivity contribution in [2.24, 2.45) is 5.73 Å². The summed E-state index contributed by atoms with van der Waals surface area (Å²) in [5.41, 5.74) is 7.34. The van der Waals surface area contributed by atoms with Gasteiger partial charge < -0.3 is 5.73 Å². The van der Waals surface area contributed by atoms with Crippen molar-refractivity contribution < 1.29 is 0 Å². The summed E-state index contributed by atoms with van der Waals surface area (Å²) in [5.74, 6) is 1.15. The quantitative estimate of drug-likeness (QED) is 0.848. The monoisotopic (exact) mass is 221 g/mol. The van der Waals surface area contributed by atoms with Crippen molar-refractivity contribution in [3.63, 3.8) is 0 Å². The molecule has 1 nitrogen and oxygen atoms in total. The second-order valence-electron chi connectivity index (χ2n) is 4.33. The number of hydrogen-bond donors (Lipinski definition) is 1. The van der Waals surface area contributed by atoms with Crippen LogP contribution in [0.2, 0.25) is 0 Å². The fraction of sp³-hybridized carbons (Fsp3) is 0.538. The van der Waals surface area contributed by atoms with Crippen LogP contribution in [0, 0.1) is 0 Å². The van der Waals surface area contributed by atoms with Crippen LogP contribution in [0.15, 0.2) is 30.3 Å². The third-order valence-corrected chi connectivity index (χ3v) is 4.49. The topological polar surface area (TPSA) is 26.0 Å². The maximum Gasteiger partial charge on any atom is 0.0187 e. The van der Waals surface area contributed by atoms with Crippen molar-refractivity contribution in [2.45, 2.75) is 42.7 Å². The summed E-state index contributed by atoms with van der Waals surface area (Å²) in [4.78, 5) is 0. The molecule has 0 saturated heterocycles. The number of hydrogen-bond acceptors (Lipinski definition) is 2. The molecule has 0 aromatic heterocycles. The molecule has 0 heterocycles. The highest BCUT2D eigenvalue weighted by Crippen LogP contribution is 2.29. The molecule has 1 saturated carbocycles. The van der Waals surface area contributed by atoms with Gasteiger partial charge >= 0.3 is 0 Å². The lowest BCUT2D eigenvalue weighted by Crippen LogP contribution is -2.27. The molecular formula is C13H19NS. The van der Waals surface area contributed by atoms with E-state index < -0.39 is 0 Å². The Morgan fingerprint density at radius 1 is 1.07 bits per heavy atom. The van der Waals surface area contributed by atoms with Gasteiger partial charge in [-0.15, -0.1) is 0 Å². The third-order valence-electron chi connectivity index (χ3n) is 3.05. The molecule has 1 aliphatic carbocycles. The Kier molecular flexibility index (Phi) is 4.09. The van der Waals surface area contributed by atoms with Gasteiger partial charge in [-0.2, -0.15) is 11.8 Å². The average molecular weight is 221 g/mol. The second-order valence-corrected chi connectivity index (χ2v) is 5.62. The van der Waals surface area contributed by atoms with Gasteiger partial charge in [0.1, 0.15) is 0 Å². The minimum Gasteiger partial charge on any atom is -0.328 e. The van der Waals surface area contributed by atoms with Crippen molar-refractivity contribution in [1.82, 2.24) is 0 Å². The molecule has 1 aromatic rings. The standard InChI is InChI=1S/C13H19NS/c14-12-6-8-13(9-7-12)15-10-11-4-2-1-3-5-11/h1-5,12-13H,6-10,14H2. The molecule has 0 unspecified atom stereocenters. The third kappa shape index (κ3) is 3.54. The normalized spacial score (nSPS) is 26.5. The molecule has 15 heavy (non-hydrogen) atoms. The molecule has 0 bridgehead atoms. The van der Waals surface area contributed by atoms with Gasteiger partial charge in [-0.05, 0) is 31.2 Å². The molecule has 1 aliphatic rings. The van der Waals surface area contributed by atoms with E-state index in [0.29, 0.717) is 6.04 Å². The minimum atomic E-state index is 0.471. The zero-order chi connectivity index (χ0) is 10.5. The van der Waals surface area contributed by atoms with E-state index in [1.807, 2.05) is 0 Å². The minimum absolute atomic E-state index is 0.471. The van der Waals surface area contributed by atoms with E-state index >= 15 is 0 Å². The Balaban J connectivity index is 1.74. The SMILES string of the molecule is NC1CCC(SCc2ccccc2)CC1. The van der Waals surface area contributed by atoms with Gasteiger partial charge in [-0.3, -0.25) is 0 Å². The Hall–Kier alpha value is -0.470. The molecule has 0 radical (unpaired) electrons. The number of thioether (sulfide) groups is 1. The first kappa shape index (κ1) is 11.0. The van der Waals surface area contributed by atoms with E-state index in [0.717, 1.165) is 11.0 Å². The molecule has 2 N–H and O–H groups in total. The highest BCUT2D eigenvalue weighted by Gasteiger charge is 2.18. The zero-order valence-corrected chi connectivity index (χ0v) is 9.88. The van der Waals surface area contributed by atoms with E-state index in [4.69, 9.17) is 5.73 Å². The smallest absolute Gasteiger partial charge is 0.0187 e. The van der Waals surface area contributed by atoms with Crippen LogP contribution in [0.3, 0.4) is 0 Å². The predicted molar refractivity (Wildman–Crippen MR) is 68.0 cm³/mol. The summed E-state index contributed by atoms with van der Waals surface area (Å²) < 4.78 is 0. The second kappa shape index (κ2) is 5.57. The Labute approximate surface area is 96.4 Å². The molecule has 0 atom stereocenters. The highest BCUT2D eigenvalue weighted by atomic mass is 32.2. The van der Waals surface area contributed by atoms with Crippen LogP contribution in [0.1, 0.15) is 31.2 Å². The van der Waals surface area contributed by atoms with E-state index in [-0.39, 0.29) is 0 Å². The van der Waals surface area contributed by atoms with Gasteiger partial charge in [-0.25, -0.2) is 0 Å². The van der Waals surface area contributed by atoms with E-state index in [9.17, 15) is 0 Å². The van der Waals surface area contributed by atoms with E-state index in [2.05, 4.69) is 42.1 Å². The molecule has 0 aliphatic heterocycles. The Bertz CT molecular complexity index is 278. The van der Waals surface area contributed by atoms with Crippen LogP contribution in [0.5, 0.6) is 0 Å². The average Bonchev–Trinajstić information content (AvgIpc) is 2.30. The molecule has 82 valence electrons. The number of rotatable bonds is 3. The first-order valence-corrected chi connectivity index (χ1v) is 6.80. The van der Waals surface area contributed by atoms with Crippen molar-refractivity contribution in [2.75, 3.05) is 0 Å². The van der Waals surface area contributed by atoms with E-state index in [1.165, 1.54) is 31.2 Å². The first-order valence-electron chi connectivity index (χ1n) is 5.75. The fourth-order valence-corrected chi connectivity index (χ4v) is 3.27. The molecule has 0 spiro atoms. The van der Waals surface area contributed by atoms with E-state index in [1.54, 1.807) is 0 Å². The van der Waals surface area contributed by atoms with Gasteiger partial charge in [0.2, 0.25) is 0 Å². The van der Waals surface area contributed by atoms with Gasteiger partial charge in [0.05, 0.1) is 0 Å². The lowest BCUT2D eigenvalue weighted by molar-refractivity contribution is 0.450. The van der Waals surface area contributed by atoms with Gasteiger partial charge in [0.15, 0.2) is 0 Å². The maximum atomic E-state index is 5.89.